The van der Waals surface area contributed by atoms with Gasteiger partial charge in [0.25, 0.3) is 0 Å². The third-order valence-electron chi connectivity index (χ3n) is 5.09. The van der Waals surface area contributed by atoms with E-state index in [1.807, 2.05) is 24.5 Å². The molecule has 0 fully saturated rings. The molecule has 1 aliphatic carbocycles. The number of rotatable bonds is 4. The summed E-state index contributed by atoms with van der Waals surface area (Å²) in [6.45, 7) is 0. The molecule has 2 heterocycles. The highest BCUT2D eigenvalue weighted by molar-refractivity contribution is 5.93. The summed E-state index contributed by atoms with van der Waals surface area (Å²) in [5.41, 5.74) is 6.28. The summed E-state index contributed by atoms with van der Waals surface area (Å²) in [6.07, 6.45) is 11.7. The van der Waals surface area contributed by atoms with E-state index in [4.69, 9.17) is 5.11 Å². The van der Waals surface area contributed by atoms with Crippen molar-refractivity contribution in [2.45, 2.75) is 25.7 Å². The molecule has 29 heavy (non-hydrogen) atoms. The molecule has 0 atom stereocenters. The third-order valence-corrected chi connectivity index (χ3v) is 5.09. The van der Waals surface area contributed by atoms with Crippen molar-refractivity contribution in [3.8, 4) is 0 Å². The van der Waals surface area contributed by atoms with Crippen molar-refractivity contribution in [3.05, 3.63) is 77.9 Å². The molecular formula is C23H26N4O2. The lowest BCUT2D eigenvalue weighted by atomic mass is 9.91. The smallest absolute Gasteiger partial charge is 0.337 e. The van der Waals surface area contributed by atoms with Crippen molar-refractivity contribution < 1.29 is 9.90 Å². The number of hydrogen-bond donors (Lipinski definition) is 2. The van der Waals surface area contributed by atoms with Gasteiger partial charge < -0.3 is 15.3 Å². The van der Waals surface area contributed by atoms with Crippen LogP contribution in [0.2, 0.25) is 0 Å². The maximum atomic E-state index is 10.5. The zero-order valence-electron chi connectivity index (χ0n) is 16.8. The van der Waals surface area contributed by atoms with E-state index >= 15 is 0 Å². The fourth-order valence-electron chi connectivity index (χ4n) is 3.43. The van der Waals surface area contributed by atoms with Gasteiger partial charge in [-0.1, -0.05) is 6.07 Å². The topological polar surface area (TPSA) is 78.4 Å². The van der Waals surface area contributed by atoms with Crippen LogP contribution in [-0.4, -0.2) is 35.1 Å². The molecule has 0 saturated carbocycles. The minimum absolute atomic E-state index is 0.238. The van der Waals surface area contributed by atoms with Crippen LogP contribution in [-0.2, 0) is 12.8 Å². The molecule has 6 heteroatoms. The standard InChI is InChI=1S/C16H18N2.C7H8N2O2/c1-18(15-8-10-17-11-9-15)16-7-6-13-4-2-3-5-14(13)12-16;1-8-6-4-9-3-2-5(6)7(10)11/h6-12H,2-5H2,1H3;2-4,8H,1H3,(H,10,11). The van der Waals surface area contributed by atoms with Gasteiger partial charge in [0.05, 0.1) is 17.4 Å². The molecular weight excluding hydrogens is 364 g/mol. The number of pyridine rings is 2. The first-order chi connectivity index (χ1) is 14.1. The Morgan fingerprint density at radius 2 is 1.66 bits per heavy atom. The normalized spacial score (nSPS) is 12.2. The van der Waals surface area contributed by atoms with Gasteiger partial charge in [0.1, 0.15) is 0 Å². The summed E-state index contributed by atoms with van der Waals surface area (Å²) in [5.74, 6) is -0.947. The van der Waals surface area contributed by atoms with Gasteiger partial charge >= 0.3 is 5.97 Å². The van der Waals surface area contributed by atoms with Gasteiger partial charge in [0.15, 0.2) is 0 Å². The summed E-state index contributed by atoms with van der Waals surface area (Å²) >= 11 is 0. The first kappa shape index (κ1) is 20.3. The Bertz CT molecular complexity index is 960. The maximum Gasteiger partial charge on any atom is 0.337 e. The van der Waals surface area contributed by atoms with Gasteiger partial charge in [-0.05, 0) is 67.1 Å². The molecule has 2 N–H and O–H groups in total. The molecule has 0 unspecified atom stereocenters. The van der Waals surface area contributed by atoms with Crippen molar-refractivity contribution in [3.63, 3.8) is 0 Å². The molecule has 150 valence electrons. The van der Waals surface area contributed by atoms with Crippen LogP contribution in [0.15, 0.2) is 61.2 Å². The lowest BCUT2D eigenvalue weighted by Crippen LogP contribution is -2.11. The minimum atomic E-state index is -0.947. The zero-order valence-corrected chi connectivity index (χ0v) is 16.8. The first-order valence-corrected chi connectivity index (χ1v) is 9.70. The Morgan fingerprint density at radius 3 is 2.31 bits per heavy atom. The molecule has 3 aromatic rings. The average molecular weight is 390 g/mol. The summed E-state index contributed by atoms with van der Waals surface area (Å²) in [4.78, 5) is 20.6. The van der Waals surface area contributed by atoms with Crippen LogP contribution in [0, 0.1) is 0 Å². The number of nitrogens with one attached hydrogen (secondary N) is 1. The van der Waals surface area contributed by atoms with Crippen LogP contribution in [0.1, 0.15) is 34.3 Å². The number of aromatic nitrogens is 2. The number of carboxylic acids is 1. The number of anilines is 3. The second kappa shape index (κ2) is 9.68. The predicted octanol–water partition coefficient (Wildman–Crippen LogP) is 4.55. The van der Waals surface area contributed by atoms with Gasteiger partial charge in [-0.3, -0.25) is 9.97 Å². The van der Waals surface area contributed by atoms with Crippen LogP contribution in [0.5, 0.6) is 0 Å². The Labute approximate surface area is 171 Å². The lowest BCUT2D eigenvalue weighted by Gasteiger charge is -2.23. The SMILES string of the molecule is CN(c1ccncc1)c1ccc2c(c1)CCCC2.CNc1cnccc1C(=O)O. The number of hydrogen-bond acceptors (Lipinski definition) is 5. The molecule has 0 radical (unpaired) electrons. The van der Waals surface area contributed by atoms with Crippen LogP contribution < -0.4 is 10.2 Å². The van der Waals surface area contributed by atoms with Crippen LogP contribution >= 0.6 is 0 Å². The molecule has 0 amide bonds. The van der Waals surface area contributed by atoms with Gasteiger partial charge in [0.2, 0.25) is 0 Å². The second-order valence-electron chi connectivity index (χ2n) is 6.90. The van der Waals surface area contributed by atoms with E-state index in [1.54, 1.807) is 7.05 Å². The largest absolute Gasteiger partial charge is 0.478 e. The summed E-state index contributed by atoms with van der Waals surface area (Å²) in [5, 5.41) is 11.4. The number of aryl methyl sites for hydroxylation is 2. The second-order valence-corrected chi connectivity index (χ2v) is 6.90. The lowest BCUT2D eigenvalue weighted by molar-refractivity contribution is 0.0698. The van der Waals surface area contributed by atoms with E-state index in [-0.39, 0.29) is 5.56 Å². The molecule has 2 aromatic heterocycles. The highest BCUT2D eigenvalue weighted by atomic mass is 16.4. The van der Waals surface area contributed by atoms with Crippen LogP contribution in [0.3, 0.4) is 0 Å². The molecule has 4 rings (SSSR count). The van der Waals surface area contributed by atoms with Crippen LogP contribution in [0.25, 0.3) is 0 Å². The third kappa shape index (κ3) is 5.10. The number of carbonyl (C=O) groups is 1. The molecule has 0 spiro atoms. The van der Waals surface area contributed by atoms with E-state index in [9.17, 15) is 4.79 Å². The summed E-state index contributed by atoms with van der Waals surface area (Å²) in [7, 11) is 3.77. The van der Waals surface area contributed by atoms with Crippen molar-refractivity contribution in [1.82, 2.24) is 9.97 Å². The average Bonchev–Trinajstić information content (AvgIpc) is 2.79. The molecule has 0 aliphatic heterocycles. The Morgan fingerprint density at radius 1 is 0.966 bits per heavy atom. The minimum Gasteiger partial charge on any atom is -0.478 e. The highest BCUT2D eigenvalue weighted by Gasteiger charge is 2.11. The van der Waals surface area contributed by atoms with E-state index in [0.717, 1.165) is 0 Å². The monoisotopic (exact) mass is 390 g/mol. The van der Waals surface area contributed by atoms with Crippen LogP contribution in [0.4, 0.5) is 17.1 Å². The van der Waals surface area contributed by atoms with Gasteiger partial charge in [-0.15, -0.1) is 0 Å². The quantitative estimate of drug-likeness (QED) is 0.680. The molecule has 1 aromatic carbocycles. The molecule has 0 saturated heterocycles. The van der Waals surface area contributed by atoms with Crippen molar-refractivity contribution >= 4 is 23.0 Å². The molecule has 6 nitrogen and oxygen atoms in total. The zero-order chi connectivity index (χ0) is 20.6. The maximum absolute atomic E-state index is 10.5. The number of carboxylic acid groups (broad SMARTS) is 1. The molecule has 1 aliphatic rings. The highest BCUT2D eigenvalue weighted by Crippen LogP contribution is 2.28. The Balaban J connectivity index is 0.000000188. The number of nitrogens with zero attached hydrogens (tertiary/aromatic N) is 3. The number of fused-ring (bicyclic) bond motifs is 1. The van der Waals surface area contributed by atoms with Crippen molar-refractivity contribution in [1.29, 1.82) is 0 Å². The van der Waals surface area contributed by atoms with Crippen molar-refractivity contribution in [2.24, 2.45) is 0 Å². The fourth-order valence-corrected chi connectivity index (χ4v) is 3.43. The van der Waals surface area contributed by atoms with Gasteiger partial charge in [0, 0.05) is 44.1 Å². The van der Waals surface area contributed by atoms with Gasteiger partial charge in [-0.2, -0.15) is 0 Å². The number of benzene rings is 1. The number of aromatic carboxylic acids is 1. The Hall–Kier alpha value is -3.41. The van der Waals surface area contributed by atoms with Crippen molar-refractivity contribution in [2.75, 3.05) is 24.3 Å². The van der Waals surface area contributed by atoms with E-state index in [0.29, 0.717) is 5.69 Å². The fraction of sp³-hybridized carbons (Fsp3) is 0.261. The summed E-state index contributed by atoms with van der Waals surface area (Å²) in [6, 6.07) is 12.4. The van der Waals surface area contributed by atoms with Gasteiger partial charge in [-0.25, -0.2) is 4.79 Å². The Kier molecular flexibility index (Phi) is 6.79. The predicted molar refractivity (Wildman–Crippen MR) is 116 cm³/mol. The van der Waals surface area contributed by atoms with E-state index in [2.05, 4.69) is 45.4 Å². The van der Waals surface area contributed by atoms with E-state index in [1.165, 1.54) is 66.6 Å². The molecule has 0 bridgehead atoms. The van der Waals surface area contributed by atoms with E-state index < -0.39 is 5.97 Å². The summed E-state index contributed by atoms with van der Waals surface area (Å²) < 4.78 is 0. The first-order valence-electron chi connectivity index (χ1n) is 9.70.